The summed E-state index contributed by atoms with van der Waals surface area (Å²) in [6, 6.07) is 24.6. The number of nitrogens with one attached hydrogen (secondary N) is 2. The van der Waals surface area contributed by atoms with Crippen LogP contribution in [0.5, 0.6) is 0 Å². The summed E-state index contributed by atoms with van der Waals surface area (Å²) < 4.78 is 122. The van der Waals surface area contributed by atoms with Crippen molar-refractivity contribution in [1.29, 1.82) is 0 Å². The number of benzene rings is 4. The zero-order chi connectivity index (χ0) is 89.8. The predicted octanol–water partition coefficient (Wildman–Crippen LogP) is 5.68. The van der Waals surface area contributed by atoms with Crippen molar-refractivity contribution in [3.63, 3.8) is 0 Å². The highest BCUT2D eigenvalue weighted by molar-refractivity contribution is 9.10. The first kappa shape index (κ1) is 94.4. The third kappa shape index (κ3) is 23.8. The summed E-state index contributed by atoms with van der Waals surface area (Å²) in [7, 11) is -12.3. The van der Waals surface area contributed by atoms with Crippen molar-refractivity contribution in [3.8, 4) is 68.2 Å². The maximum Gasteiger partial charge on any atom is 0.396 e. The van der Waals surface area contributed by atoms with Crippen LogP contribution in [0.3, 0.4) is 0 Å². The Hall–Kier alpha value is -13.7. The minimum Gasteiger partial charge on any atom is -0.474 e. The van der Waals surface area contributed by atoms with Gasteiger partial charge < -0.3 is 62.1 Å². The van der Waals surface area contributed by atoms with E-state index in [1.54, 1.807) is 118 Å². The Kier molecular flexibility index (Phi) is 32.1. The van der Waals surface area contributed by atoms with Crippen molar-refractivity contribution in [3.05, 3.63) is 162 Å². The number of nitrogens with zero attached hydrogens (tertiary/aromatic N) is 14. The van der Waals surface area contributed by atoms with Crippen LogP contribution in [-0.4, -0.2) is 198 Å². The van der Waals surface area contributed by atoms with Gasteiger partial charge in [0, 0.05) is 22.3 Å². The molecule has 0 saturated heterocycles. The van der Waals surface area contributed by atoms with E-state index in [-0.39, 0.29) is 114 Å². The van der Waals surface area contributed by atoms with Crippen LogP contribution in [-0.2, 0) is 63.1 Å². The molecule has 0 saturated carbocycles. The van der Waals surface area contributed by atoms with Gasteiger partial charge in [0.1, 0.15) is 4.60 Å². The lowest BCUT2D eigenvalue weighted by atomic mass is 10.1. The Labute approximate surface area is 698 Å². The number of ketones is 1. The van der Waals surface area contributed by atoms with Crippen molar-refractivity contribution in [2.75, 3.05) is 55.5 Å². The van der Waals surface area contributed by atoms with Crippen LogP contribution in [0.1, 0.15) is 122 Å². The van der Waals surface area contributed by atoms with Crippen molar-refractivity contribution < 1.29 is 95.4 Å². The molecule has 638 valence electrons. The number of halogens is 1. The number of hydrogen-bond acceptors (Lipinski definition) is 40. The number of aromatic nitrogens is 14. The van der Waals surface area contributed by atoms with Gasteiger partial charge in [0.15, 0.2) is 96.9 Å². The van der Waals surface area contributed by atoms with Crippen molar-refractivity contribution >= 4 is 126 Å². The summed E-state index contributed by atoms with van der Waals surface area (Å²) in [5.41, 5.74) is 33.8. The molecular formula is C73H79BrN22O21S4. The molecule has 0 fully saturated rings. The average molecular weight is 1810 g/mol. The van der Waals surface area contributed by atoms with Gasteiger partial charge in [-0.3, -0.25) is 19.8 Å². The summed E-state index contributed by atoms with van der Waals surface area (Å²) in [6.45, 7) is 15.7. The van der Waals surface area contributed by atoms with E-state index in [4.69, 9.17) is 53.2 Å². The van der Waals surface area contributed by atoms with Crippen LogP contribution in [0.2, 0.25) is 0 Å². The van der Waals surface area contributed by atoms with Crippen LogP contribution in [0.4, 0.5) is 29.1 Å². The van der Waals surface area contributed by atoms with E-state index in [0.717, 1.165) is 0 Å². The number of esters is 3. The minimum absolute atomic E-state index is 0.0154. The molecule has 48 heteroatoms. The Balaban J connectivity index is 0.000000213. The van der Waals surface area contributed by atoms with Crippen LogP contribution in [0, 0.1) is 0 Å². The number of ether oxygens (including phenoxy) is 3. The number of aromatic carboxylic acids is 1. The second-order valence-corrected chi connectivity index (χ2v) is 36.3. The van der Waals surface area contributed by atoms with E-state index in [0.29, 0.717) is 43.9 Å². The number of amides is 2. The maximum absolute atomic E-state index is 12.3. The topological polar surface area (TPSA) is 691 Å². The molecule has 4 aromatic carbocycles. The van der Waals surface area contributed by atoms with Gasteiger partial charge in [-0.2, -0.15) is 0 Å². The standard InChI is InChI=1S/C19H22N4O6S.C18H19N5O5S.C16H15N5O5S.C14H17N5O3S.C6H6BrN3O2/c1-4-29-19(26)15(24)10-22-18(25)16-17(20)21-9-14(23-16)12-5-7-13(8-6-12)30(27,28)11(2)3;1-4-27-18(24)17-23-22-16(28-17)14-15(19)20-9-13(21-14)11-5-7-12(8-6-11)29(25,26)10(2)3;1-8(2)27(24,25)10-5-3-9(4-6-10)11-7-18-13(17)12(19-11)14-20-21-15(26-14)16(22)23;1-8(2)23(21,22)10-5-3-9(4-6-10)11-7-17-13(15)12(18-11)14(20)19-16;1-12-6(11)4-5(8)9-2-3(7)10-4/h5-9,11H,4,10H2,1-3H3,(H2,20,21)(H,22,25);5-10H,4H2,1-3H3,(H2,19,20);3-8H,1-2H3,(H2,17,18)(H,22,23);3-8H,16H2,1-2H3,(H2,15,17)(H,19,20);2H,1H3,(H2,8,9). The number of carbonyl (C=O) groups excluding carboxylic acids is 6. The van der Waals surface area contributed by atoms with E-state index in [1.165, 1.54) is 86.6 Å². The van der Waals surface area contributed by atoms with Gasteiger partial charge in [0.2, 0.25) is 0 Å². The number of methoxy groups -OCH3 is 1. The zero-order valence-electron chi connectivity index (χ0n) is 65.9. The van der Waals surface area contributed by atoms with E-state index in [2.05, 4.69) is 101 Å². The van der Waals surface area contributed by atoms with Crippen LogP contribution in [0.25, 0.3) is 68.2 Å². The van der Waals surface area contributed by atoms with Crippen LogP contribution >= 0.6 is 15.9 Å². The number of sulfone groups is 4. The van der Waals surface area contributed by atoms with Crippen LogP contribution in [0.15, 0.2) is 161 Å². The second kappa shape index (κ2) is 41.1. The molecule has 7 aromatic heterocycles. The van der Waals surface area contributed by atoms with Gasteiger partial charge in [-0.15, -0.1) is 20.4 Å². The SMILES string of the molecule is CC(C)S(=O)(=O)c1ccc(-c2cnc(N)c(-c3nnc(C(=O)O)o3)n2)cc1.CC(C)S(=O)(=O)c1ccc(-c2cnc(N)c(C(=O)NN)n2)cc1.CCOC(=O)C(=O)CNC(=O)c1nc(-c2ccc(S(=O)(=O)C(C)C)cc2)cnc1N.CCOC(=O)c1nnc(-c2nc(-c3ccc(S(=O)(=O)C(C)C)cc3)cnc2N)o1.COC(=O)c1nc(Br)cnc1N. The molecule has 121 heavy (non-hydrogen) atoms. The fourth-order valence-corrected chi connectivity index (χ4v) is 13.9. The fourth-order valence-electron chi connectivity index (χ4n) is 9.37. The van der Waals surface area contributed by atoms with Crippen molar-refractivity contribution in [2.45, 2.75) is 110 Å². The van der Waals surface area contributed by atoms with E-state index >= 15 is 0 Å². The number of rotatable bonds is 24. The third-order valence-corrected chi connectivity index (χ3v) is 25.2. The number of hydrogen-bond donors (Lipinski definition) is 9. The molecule has 0 aliphatic carbocycles. The number of nitrogens with two attached hydrogens (primary N) is 6. The summed E-state index contributed by atoms with van der Waals surface area (Å²) in [6.07, 6.45) is 6.98. The number of anilines is 5. The predicted molar refractivity (Wildman–Crippen MR) is 437 cm³/mol. The monoisotopic (exact) mass is 1810 g/mol. The largest absolute Gasteiger partial charge is 0.474 e. The Morgan fingerprint density at radius 1 is 0.430 bits per heavy atom. The summed E-state index contributed by atoms with van der Waals surface area (Å²) in [5, 5.41) is 23.4. The quantitative estimate of drug-likeness (QED) is 0.00877. The highest BCUT2D eigenvalue weighted by atomic mass is 79.9. The minimum atomic E-state index is -3.42. The number of carboxylic acids is 1. The molecular weight excluding hydrogens is 1730 g/mol. The van der Waals surface area contributed by atoms with Crippen molar-refractivity contribution in [1.82, 2.24) is 81.0 Å². The zero-order valence-corrected chi connectivity index (χ0v) is 70.8. The van der Waals surface area contributed by atoms with Gasteiger partial charge in [-0.05, 0) is 134 Å². The first-order valence-corrected chi connectivity index (χ1v) is 42.2. The number of hydrazine groups is 1. The lowest BCUT2D eigenvalue weighted by Crippen LogP contribution is -2.35. The first-order chi connectivity index (χ1) is 56.9. The van der Waals surface area contributed by atoms with Gasteiger partial charge in [-0.1, -0.05) is 48.5 Å². The molecule has 0 radical (unpaired) electrons. The van der Waals surface area contributed by atoms with Gasteiger partial charge in [0.05, 0.1) is 121 Å². The molecule has 11 rings (SSSR count). The number of carboxylic acid groups (broad SMARTS) is 1. The molecule has 0 aliphatic rings. The number of nitrogen functional groups attached to an aromatic ring is 6. The molecule has 0 atom stereocenters. The number of carbonyl (C=O) groups is 7. The lowest BCUT2D eigenvalue weighted by molar-refractivity contribution is -0.153. The van der Waals surface area contributed by atoms with Crippen LogP contribution < -0.4 is 45.3 Å². The Morgan fingerprint density at radius 3 is 1.08 bits per heavy atom. The van der Waals surface area contributed by atoms with E-state index in [9.17, 15) is 67.2 Å². The van der Waals surface area contributed by atoms with Gasteiger partial charge >= 0.3 is 35.7 Å². The normalized spacial score (nSPS) is 11.3. The fraction of sp³-hybridized carbons (Fsp3) is 0.247. The maximum atomic E-state index is 12.3. The highest BCUT2D eigenvalue weighted by Gasteiger charge is 2.28. The average Bonchev–Trinajstić information content (AvgIpc) is 1.78. The first-order valence-electron chi connectivity index (χ1n) is 35.2. The van der Waals surface area contributed by atoms with Gasteiger partial charge in [0.25, 0.3) is 29.4 Å². The molecule has 15 N–H and O–H groups in total. The van der Waals surface area contributed by atoms with E-state index in [1.807, 2.05) is 5.43 Å². The Morgan fingerprint density at radius 2 is 0.752 bits per heavy atom. The summed E-state index contributed by atoms with van der Waals surface area (Å²) >= 11 is 3.06. The smallest absolute Gasteiger partial charge is 0.396 e. The molecule has 2 amide bonds. The summed E-state index contributed by atoms with van der Waals surface area (Å²) in [4.78, 5) is 121. The molecule has 7 heterocycles. The van der Waals surface area contributed by atoms with Crippen molar-refractivity contribution in [2.24, 2.45) is 5.84 Å². The molecule has 0 aliphatic heterocycles. The van der Waals surface area contributed by atoms with Gasteiger partial charge in [-0.25, -0.2) is 109 Å². The summed E-state index contributed by atoms with van der Waals surface area (Å²) in [5.74, 6) is -2.40. The Bertz CT molecular complexity index is 6130. The molecule has 11 aromatic rings. The molecule has 0 bridgehead atoms. The lowest BCUT2D eigenvalue weighted by Gasteiger charge is -2.10. The molecule has 0 unspecified atom stereocenters. The second-order valence-electron chi connectivity index (χ2n) is 25.5. The third-order valence-electron chi connectivity index (χ3n) is 16.1. The highest BCUT2D eigenvalue weighted by Crippen LogP contribution is 2.31. The molecule has 0 spiro atoms. The van der Waals surface area contributed by atoms with E-state index < -0.39 is 114 Å². The number of Topliss-reactive ketones (excluding diaryl/α,β-unsaturated/α-hetero) is 1. The molecule has 43 nitrogen and oxygen atoms in total.